The molecular weight excluding hydrogens is 339 g/mol. The van der Waals surface area contributed by atoms with Crippen LogP contribution in [0.15, 0.2) is 34.0 Å². The number of rotatable bonds is 3. The van der Waals surface area contributed by atoms with Gasteiger partial charge in [-0.15, -0.1) is 0 Å². The second kappa shape index (κ2) is 5.73. The van der Waals surface area contributed by atoms with E-state index in [9.17, 15) is 13.2 Å². The number of sulfonamides is 1. The first-order valence-electron chi connectivity index (χ1n) is 5.31. The summed E-state index contributed by atoms with van der Waals surface area (Å²) in [5.74, 6) is -0.445. The minimum atomic E-state index is -4.12. The first-order valence-corrected chi connectivity index (χ1v) is 7.55. The van der Waals surface area contributed by atoms with Gasteiger partial charge in [0.15, 0.2) is 0 Å². The van der Waals surface area contributed by atoms with E-state index in [0.29, 0.717) is 0 Å². The van der Waals surface area contributed by atoms with E-state index in [4.69, 9.17) is 28.5 Å². The highest BCUT2D eigenvalue weighted by Crippen LogP contribution is 2.23. The molecule has 0 unspecified atom stereocenters. The topological polar surface area (TPSA) is 116 Å². The van der Waals surface area contributed by atoms with Gasteiger partial charge < -0.3 is 0 Å². The number of aromatic nitrogens is 2. The van der Waals surface area contributed by atoms with Crippen molar-refractivity contribution in [2.45, 2.75) is 4.90 Å². The lowest BCUT2D eigenvalue weighted by molar-refractivity contribution is 0.601. The minimum Gasteiger partial charge on any atom is -0.286 e. The van der Waals surface area contributed by atoms with E-state index in [1.807, 2.05) is 10.8 Å². The third-order valence-corrected chi connectivity index (χ3v) is 4.36. The Labute approximate surface area is 129 Å². The van der Waals surface area contributed by atoms with E-state index in [2.05, 4.69) is 10.2 Å². The van der Waals surface area contributed by atoms with Crippen LogP contribution >= 0.6 is 23.2 Å². The smallest absolute Gasteiger partial charge is 0.264 e. The van der Waals surface area contributed by atoms with Crippen LogP contribution in [0, 0.1) is 11.3 Å². The Bertz CT molecular complexity index is 902. The summed E-state index contributed by atoms with van der Waals surface area (Å²) >= 11 is 11.3. The fourth-order valence-electron chi connectivity index (χ4n) is 1.42. The molecule has 0 saturated heterocycles. The Morgan fingerprint density at radius 1 is 1.29 bits per heavy atom. The molecule has 0 amide bonds. The van der Waals surface area contributed by atoms with E-state index in [-0.39, 0.29) is 20.6 Å². The molecule has 2 N–H and O–H groups in total. The maximum Gasteiger partial charge on any atom is 0.264 e. The summed E-state index contributed by atoms with van der Waals surface area (Å²) < 4.78 is 26.3. The van der Waals surface area contributed by atoms with E-state index < -0.39 is 21.3 Å². The van der Waals surface area contributed by atoms with Gasteiger partial charge in [0.1, 0.15) is 10.0 Å². The van der Waals surface area contributed by atoms with Crippen LogP contribution in [0.2, 0.25) is 10.2 Å². The average Bonchev–Trinajstić information content (AvgIpc) is 2.41. The SMILES string of the molecule is N#Cc1ccc(S(=O)(=O)Nc2n[nH]c(Cl)cc2=O)c(Cl)c1. The van der Waals surface area contributed by atoms with Crippen LogP contribution in [0.3, 0.4) is 0 Å². The Hall–Kier alpha value is -2.08. The number of benzene rings is 1. The number of nitrogens with zero attached hydrogens (tertiary/aromatic N) is 2. The predicted octanol–water partition coefficient (Wildman–Crippen LogP) is 1.75. The van der Waals surface area contributed by atoms with E-state index in [1.54, 1.807) is 0 Å². The Balaban J connectivity index is 2.44. The molecule has 0 aliphatic rings. The van der Waals surface area contributed by atoms with Gasteiger partial charge in [0, 0.05) is 6.07 Å². The first kappa shape index (κ1) is 15.3. The number of nitriles is 1. The van der Waals surface area contributed by atoms with Crippen molar-refractivity contribution in [3.63, 3.8) is 0 Å². The monoisotopic (exact) mass is 344 g/mol. The summed E-state index contributed by atoms with van der Waals surface area (Å²) in [4.78, 5) is 11.3. The molecule has 2 aromatic rings. The Kier molecular flexibility index (Phi) is 4.18. The van der Waals surface area contributed by atoms with E-state index >= 15 is 0 Å². The van der Waals surface area contributed by atoms with Crippen LogP contribution in [0.4, 0.5) is 5.82 Å². The molecule has 7 nitrogen and oxygen atoms in total. The summed E-state index contributed by atoms with van der Waals surface area (Å²) in [7, 11) is -4.12. The van der Waals surface area contributed by atoms with Crippen LogP contribution in [0.5, 0.6) is 0 Å². The predicted molar refractivity (Wildman–Crippen MR) is 76.8 cm³/mol. The summed E-state index contributed by atoms with van der Waals surface area (Å²) in [6.45, 7) is 0. The van der Waals surface area contributed by atoms with Crippen LogP contribution in [-0.4, -0.2) is 18.6 Å². The number of hydrogen-bond donors (Lipinski definition) is 2. The molecule has 0 atom stereocenters. The molecule has 21 heavy (non-hydrogen) atoms. The zero-order valence-electron chi connectivity index (χ0n) is 10.1. The molecule has 1 aromatic heterocycles. The van der Waals surface area contributed by atoms with Crippen molar-refractivity contribution in [1.82, 2.24) is 10.2 Å². The zero-order chi connectivity index (χ0) is 15.6. The second-order valence-corrected chi connectivity index (χ2v) is 6.26. The van der Waals surface area contributed by atoms with Gasteiger partial charge in [0.25, 0.3) is 10.0 Å². The summed E-state index contributed by atoms with van der Waals surface area (Å²) in [5.41, 5.74) is -0.492. The van der Waals surface area contributed by atoms with E-state index in [0.717, 1.165) is 12.1 Å². The molecule has 2 rings (SSSR count). The number of hydrogen-bond acceptors (Lipinski definition) is 5. The van der Waals surface area contributed by atoms with Crippen molar-refractivity contribution >= 4 is 39.0 Å². The zero-order valence-corrected chi connectivity index (χ0v) is 12.4. The molecule has 0 aliphatic heterocycles. The molecule has 0 aliphatic carbocycles. The standard InChI is InChI=1S/C11H6Cl2N4O3S/c12-7-3-6(5-14)1-2-9(7)21(19,20)17-11-8(18)4-10(13)15-16-11/h1-4H,(H,15,18)(H,16,17). The first-order chi connectivity index (χ1) is 9.83. The van der Waals surface area contributed by atoms with Crippen LogP contribution < -0.4 is 10.2 Å². The van der Waals surface area contributed by atoms with Crippen LogP contribution in [0.1, 0.15) is 5.56 Å². The quantitative estimate of drug-likeness (QED) is 0.879. The van der Waals surface area contributed by atoms with Gasteiger partial charge in [-0.1, -0.05) is 23.2 Å². The normalized spacial score (nSPS) is 10.9. The van der Waals surface area contributed by atoms with Gasteiger partial charge in [-0.25, -0.2) is 8.42 Å². The van der Waals surface area contributed by atoms with Crippen molar-refractivity contribution in [1.29, 1.82) is 5.26 Å². The number of anilines is 1. The number of nitrogens with one attached hydrogen (secondary N) is 2. The third-order valence-electron chi connectivity index (χ3n) is 2.35. The Morgan fingerprint density at radius 2 is 2.00 bits per heavy atom. The molecular formula is C11H6Cl2N4O3S. The van der Waals surface area contributed by atoms with Gasteiger partial charge in [-0.05, 0) is 18.2 Å². The van der Waals surface area contributed by atoms with Crippen molar-refractivity contribution in [2.24, 2.45) is 0 Å². The maximum absolute atomic E-state index is 12.2. The molecule has 1 aromatic carbocycles. The minimum absolute atomic E-state index is 0.0284. The molecule has 0 saturated carbocycles. The van der Waals surface area contributed by atoms with Gasteiger partial charge >= 0.3 is 0 Å². The molecule has 1 heterocycles. The van der Waals surface area contributed by atoms with Crippen molar-refractivity contribution < 1.29 is 8.42 Å². The molecule has 0 radical (unpaired) electrons. The van der Waals surface area contributed by atoms with Gasteiger partial charge in [0.2, 0.25) is 11.2 Å². The van der Waals surface area contributed by atoms with Crippen molar-refractivity contribution in [3.8, 4) is 6.07 Å². The summed E-state index contributed by atoms with van der Waals surface area (Å²) in [6, 6.07) is 6.46. The molecule has 0 spiro atoms. The average molecular weight is 345 g/mol. The highest BCUT2D eigenvalue weighted by molar-refractivity contribution is 7.92. The molecule has 10 heteroatoms. The van der Waals surface area contributed by atoms with Gasteiger partial charge in [0.05, 0.1) is 16.7 Å². The highest BCUT2D eigenvalue weighted by Gasteiger charge is 2.20. The van der Waals surface area contributed by atoms with Gasteiger partial charge in [-0.2, -0.15) is 10.4 Å². The van der Waals surface area contributed by atoms with Crippen LogP contribution in [-0.2, 0) is 10.0 Å². The number of H-pyrrole nitrogens is 1. The highest BCUT2D eigenvalue weighted by atomic mass is 35.5. The Morgan fingerprint density at radius 3 is 2.57 bits per heavy atom. The molecule has 108 valence electrons. The summed E-state index contributed by atoms with van der Waals surface area (Å²) in [5, 5.41) is 14.3. The third kappa shape index (κ3) is 3.33. The molecule has 0 bridgehead atoms. The lowest BCUT2D eigenvalue weighted by atomic mass is 10.2. The van der Waals surface area contributed by atoms with Crippen LogP contribution in [0.25, 0.3) is 0 Å². The fraction of sp³-hybridized carbons (Fsp3) is 0. The number of aromatic amines is 1. The largest absolute Gasteiger partial charge is 0.286 e. The number of halogens is 2. The fourth-order valence-corrected chi connectivity index (χ4v) is 3.12. The van der Waals surface area contributed by atoms with E-state index in [1.165, 1.54) is 12.1 Å². The molecule has 0 fully saturated rings. The van der Waals surface area contributed by atoms with Gasteiger partial charge in [-0.3, -0.25) is 14.6 Å². The van der Waals surface area contributed by atoms with Crippen molar-refractivity contribution in [2.75, 3.05) is 4.72 Å². The lowest BCUT2D eigenvalue weighted by Gasteiger charge is -2.08. The van der Waals surface area contributed by atoms with Crippen molar-refractivity contribution in [3.05, 3.63) is 50.2 Å². The summed E-state index contributed by atoms with van der Waals surface area (Å²) in [6.07, 6.45) is 0. The second-order valence-electron chi connectivity index (χ2n) is 3.79. The lowest BCUT2D eigenvalue weighted by Crippen LogP contribution is -2.20. The maximum atomic E-state index is 12.2.